The van der Waals surface area contributed by atoms with Crippen LogP contribution in [0.5, 0.6) is 0 Å². The Kier molecular flexibility index (Phi) is 4.40. The van der Waals surface area contributed by atoms with Crippen molar-refractivity contribution in [1.82, 2.24) is 4.90 Å². The number of hydrogen-bond acceptors (Lipinski definition) is 4. The quantitative estimate of drug-likeness (QED) is 0.852. The van der Waals surface area contributed by atoms with Crippen LogP contribution in [0.2, 0.25) is 0 Å². The molecule has 1 aliphatic heterocycles. The van der Waals surface area contributed by atoms with Gasteiger partial charge in [-0.3, -0.25) is 9.69 Å². The van der Waals surface area contributed by atoms with E-state index in [4.69, 9.17) is 5.73 Å². The molecule has 116 valence electrons. The van der Waals surface area contributed by atoms with Crippen molar-refractivity contribution in [2.24, 2.45) is 0 Å². The van der Waals surface area contributed by atoms with E-state index in [0.29, 0.717) is 18.7 Å². The van der Waals surface area contributed by atoms with Gasteiger partial charge in [-0.2, -0.15) is 0 Å². The van der Waals surface area contributed by atoms with Gasteiger partial charge in [-0.25, -0.2) is 4.39 Å². The Morgan fingerprint density at radius 3 is 3.09 bits per heavy atom. The van der Waals surface area contributed by atoms with E-state index in [1.54, 1.807) is 11.3 Å². The second-order valence-corrected chi connectivity index (χ2v) is 6.43. The number of nitrogens with one attached hydrogen (secondary N) is 1. The molecule has 3 N–H and O–H groups in total. The summed E-state index contributed by atoms with van der Waals surface area (Å²) < 4.78 is 13.0. The van der Waals surface area contributed by atoms with Crippen molar-refractivity contribution in [3.8, 4) is 0 Å². The molecule has 0 aliphatic carbocycles. The van der Waals surface area contributed by atoms with Gasteiger partial charge in [0.05, 0.1) is 11.4 Å². The lowest BCUT2D eigenvalue weighted by molar-refractivity contribution is -0.116. The summed E-state index contributed by atoms with van der Waals surface area (Å²) in [6.07, 6.45) is 1.45. The van der Waals surface area contributed by atoms with Gasteiger partial charge in [0.15, 0.2) is 0 Å². The van der Waals surface area contributed by atoms with Gasteiger partial charge in [0, 0.05) is 30.9 Å². The van der Waals surface area contributed by atoms with E-state index in [-0.39, 0.29) is 11.6 Å². The fourth-order valence-electron chi connectivity index (χ4n) is 2.62. The van der Waals surface area contributed by atoms with Gasteiger partial charge < -0.3 is 11.1 Å². The van der Waals surface area contributed by atoms with Crippen LogP contribution in [0.25, 0.3) is 0 Å². The average Bonchev–Trinajstić information content (AvgIpc) is 2.95. The number of nitrogen functional groups attached to an aromatic ring is 1. The predicted molar refractivity (Wildman–Crippen MR) is 87.4 cm³/mol. The normalized spacial score (nSPS) is 14.6. The third-order valence-corrected chi connectivity index (χ3v) is 4.85. The number of rotatable bonds is 4. The standard InChI is InChI=1S/C16H18FN3OS/c17-12-1-2-14(13(18)9-12)19-16(21)4-7-20-6-3-15-11(10-20)5-8-22-15/h1-2,5,8-9H,3-4,6-7,10,18H2,(H,19,21). The number of halogens is 1. The number of nitrogens with zero attached hydrogens (tertiary/aromatic N) is 1. The van der Waals surface area contributed by atoms with E-state index >= 15 is 0 Å². The molecule has 2 heterocycles. The molecule has 1 amide bonds. The first-order valence-electron chi connectivity index (χ1n) is 7.24. The molecular formula is C16H18FN3OS. The maximum absolute atomic E-state index is 13.0. The summed E-state index contributed by atoms with van der Waals surface area (Å²) in [6.45, 7) is 2.60. The summed E-state index contributed by atoms with van der Waals surface area (Å²) in [5.41, 5.74) is 7.77. The maximum atomic E-state index is 13.0. The molecule has 22 heavy (non-hydrogen) atoms. The van der Waals surface area contributed by atoms with E-state index in [9.17, 15) is 9.18 Å². The zero-order chi connectivity index (χ0) is 15.5. The Morgan fingerprint density at radius 1 is 1.41 bits per heavy atom. The first kappa shape index (κ1) is 15.0. The number of hydrogen-bond donors (Lipinski definition) is 2. The molecule has 4 nitrogen and oxygen atoms in total. The topological polar surface area (TPSA) is 58.4 Å². The van der Waals surface area contributed by atoms with Crippen LogP contribution in [0.3, 0.4) is 0 Å². The largest absolute Gasteiger partial charge is 0.397 e. The number of amides is 1. The van der Waals surface area contributed by atoms with Gasteiger partial charge in [0.1, 0.15) is 5.82 Å². The molecule has 0 saturated heterocycles. The highest BCUT2D eigenvalue weighted by atomic mass is 32.1. The Labute approximate surface area is 132 Å². The number of benzene rings is 1. The first-order chi connectivity index (χ1) is 10.6. The van der Waals surface area contributed by atoms with Crippen LogP contribution in [-0.2, 0) is 17.8 Å². The van der Waals surface area contributed by atoms with E-state index in [1.807, 2.05) is 0 Å². The third-order valence-electron chi connectivity index (χ3n) is 3.83. The van der Waals surface area contributed by atoms with Crippen molar-refractivity contribution in [1.29, 1.82) is 0 Å². The van der Waals surface area contributed by atoms with Crippen molar-refractivity contribution in [2.45, 2.75) is 19.4 Å². The summed E-state index contributed by atoms with van der Waals surface area (Å²) in [5, 5.41) is 4.86. The fraction of sp³-hybridized carbons (Fsp3) is 0.312. The van der Waals surface area contributed by atoms with E-state index in [0.717, 1.165) is 19.5 Å². The lowest BCUT2D eigenvalue weighted by Gasteiger charge is -2.26. The molecule has 0 saturated carbocycles. The van der Waals surface area contributed by atoms with Crippen molar-refractivity contribution < 1.29 is 9.18 Å². The minimum atomic E-state index is -0.407. The van der Waals surface area contributed by atoms with Gasteiger partial charge in [0.2, 0.25) is 5.91 Å². The predicted octanol–water partition coefficient (Wildman–Crippen LogP) is 2.86. The SMILES string of the molecule is Nc1cc(F)ccc1NC(=O)CCN1CCc2sccc2C1. The second kappa shape index (κ2) is 6.46. The lowest BCUT2D eigenvalue weighted by atomic mass is 10.1. The molecule has 0 fully saturated rings. The molecule has 0 radical (unpaired) electrons. The van der Waals surface area contributed by atoms with Gasteiger partial charge in [0.25, 0.3) is 0 Å². The van der Waals surface area contributed by atoms with Crippen molar-refractivity contribution in [3.05, 3.63) is 45.9 Å². The van der Waals surface area contributed by atoms with E-state index in [2.05, 4.69) is 21.7 Å². The molecule has 0 spiro atoms. The van der Waals surface area contributed by atoms with Gasteiger partial charge in [-0.15, -0.1) is 11.3 Å². The zero-order valence-corrected chi connectivity index (χ0v) is 13.0. The minimum absolute atomic E-state index is 0.102. The molecule has 1 aromatic heterocycles. The molecule has 3 rings (SSSR count). The zero-order valence-electron chi connectivity index (χ0n) is 12.1. The Morgan fingerprint density at radius 2 is 2.27 bits per heavy atom. The summed E-state index contributed by atoms with van der Waals surface area (Å²) in [4.78, 5) is 15.7. The van der Waals surface area contributed by atoms with E-state index in [1.165, 1.54) is 28.6 Å². The number of carbonyl (C=O) groups excluding carboxylic acids is 1. The molecule has 0 atom stereocenters. The smallest absolute Gasteiger partial charge is 0.225 e. The summed E-state index contributed by atoms with van der Waals surface area (Å²) in [6, 6.07) is 6.14. The fourth-order valence-corrected chi connectivity index (χ4v) is 3.51. The summed E-state index contributed by atoms with van der Waals surface area (Å²) >= 11 is 1.81. The Bertz CT molecular complexity index is 686. The first-order valence-corrected chi connectivity index (χ1v) is 8.12. The lowest BCUT2D eigenvalue weighted by Crippen LogP contribution is -2.32. The van der Waals surface area contributed by atoms with Gasteiger partial charge >= 0.3 is 0 Å². The molecular weight excluding hydrogens is 301 g/mol. The van der Waals surface area contributed by atoms with Crippen LogP contribution in [0, 0.1) is 5.82 Å². The summed E-state index contributed by atoms with van der Waals surface area (Å²) in [7, 11) is 0. The maximum Gasteiger partial charge on any atom is 0.225 e. The monoisotopic (exact) mass is 319 g/mol. The Hall–Kier alpha value is -1.92. The highest BCUT2D eigenvalue weighted by Gasteiger charge is 2.17. The minimum Gasteiger partial charge on any atom is -0.397 e. The van der Waals surface area contributed by atoms with Crippen molar-refractivity contribution in [3.63, 3.8) is 0 Å². The van der Waals surface area contributed by atoms with Crippen molar-refractivity contribution in [2.75, 3.05) is 24.1 Å². The van der Waals surface area contributed by atoms with Gasteiger partial charge in [-0.1, -0.05) is 0 Å². The molecule has 2 aromatic rings. The van der Waals surface area contributed by atoms with Crippen LogP contribution in [-0.4, -0.2) is 23.9 Å². The molecule has 0 unspecified atom stereocenters. The number of carbonyl (C=O) groups is 1. The highest BCUT2D eigenvalue weighted by molar-refractivity contribution is 7.10. The van der Waals surface area contributed by atoms with Crippen LogP contribution in [0.1, 0.15) is 16.9 Å². The van der Waals surface area contributed by atoms with Crippen LogP contribution < -0.4 is 11.1 Å². The van der Waals surface area contributed by atoms with Gasteiger partial charge in [-0.05, 0) is 41.6 Å². The number of fused-ring (bicyclic) bond motifs is 1. The van der Waals surface area contributed by atoms with Crippen LogP contribution >= 0.6 is 11.3 Å². The molecule has 0 bridgehead atoms. The van der Waals surface area contributed by atoms with Crippen molar-refractivity contribution >= 4 is 28.6 Å². The third kappa shape index (κ3) is 3.45. The summed E-state index contributed by atoms with van der Waals surface area (Å²) in [5.74, 6) is -0.509. The highest BCUT2D eigenvalue weighted by Crippen LogP contribution is 2.24. The number of nitrogens with two attached hydrogens (primary N) is 1. The Balaban J connectivity index is 1.51. The van der Waals surface area contributed by atoms with E-state index < -0.39 is 5.82 Å². The van der Waals surface area contributed by atoms with Crippen LogP contribution in [0.15, 0.2) is 29.6 Å². The molecule has 1 aliphatic rings. The van der Waals surface area contributed by atoms with Crippen LogP contribution in [0.4, 0.5) is 15.8 Å². The molecule has 6 heteroatoms. The second-order valence-electron chi connectivity index (χ2n) is 5.42. The average molecular weight is 319 g/mol. The number of thiophene rings is 1. The molecule has 1 aromatic carbocycles. The number of anilines is 2.